The summed E-state index contributed by atoms with van der Waals surface area (Å²) in [6.07, 6.45) is 0. The van der Waals surface area contributed by atoms with E-state index < -0.39 is 10.8 Å². The Balaban J connectivity index is 3.22. The topological polar surface area (TPSA) is 117 Å². The summed E-state index contributed by atoms with van der Waals surface area (Å²) in [5.74, 6) is -1.02. The summed E-state index contributed by atoms with van der Waals surface area (Å²) in [4.78, 5) is 21.6. The monoisotopic (exact) mass is 298 g/mol. The summed E-state index contributed by atoms with van der Waals surface area (Å²) in [7, 11) is 1.35. The van der Waals surface area contributed by atoms with Crippen LogP contribution in [0.25, 0.3) is 0 Å². The number of aliphatic hydroxyl groups excluding tert-OH is 1. The van der Waals surface area contributed by atoms with Crippen molar-refractivity contribution >= 4 is 28.9 Å². The van der Waals surface area contributed by atoms with Gasteiger partial charge in [-0.3, -0.25) is 14.9 Å². The summed E-state index contributed by atoms with van der Waals surface area (Å²) in [5, 5.41) is 29.7. The first-order valence-electron chi connectivity index (χ1n) is 5.34. The first-order chi connectivity index (χ1) is 9.36. The number of carbonyl (C=O) groups excluding carboxylic acids is 1. The third kappa shape index (κ3) is 3.75. The largest absolute Gasteiger partial charge is 0.510 e. The van der Waals surface area contributed by atoms with Crippen LogP contribution in [0.2, 0.25) is 5.02 Å². The van der Waals surface area contributed by atoms with Crippen molar-refractivity contribution in [3.8, 4) is 0 Å². The fraction of sp³-hybridized carbons (Fsp3) is 0.182. The minimum atomic E-state index is -0.671. The summed E-state index contributed by atoms with van der Waals surface area (Å²) >= 11 is 5.66. The van der Waals surface area contributed by atoms with Gasteiger partial charge in [-0.15, -0.1) is 10.2 Å². The molecule has 0 aliphatic heterocycles. The van der Waals surface area contributed by atoms with Gasteiger partial charge in [0.05, 0.1) is 4.92 Å². The van der Waals surface area contributed by atoms with Crippen molar-refractivity contribution in [2.24, 2.45) is 10.2 Å². The second kappa shape index (κ2) is 6.62. The molecule has 0 radical (unpaired) electrons. The number of carbonyl (C=O) groups is 1. The highest BCUT2D eigenvalue weighted by atomic mass is 35.5. The van der Waals surface area contributed by atoms with E-state index in [0.717, 1.165) is 6.07 Å². The fourth-order valence-electron chi connectivity index (χ4n) is 1.23. The number of likely N-dealkylation sites (N-methyl/N-ethyl adjacent to an activating group) is 1. The minimum Gasteiger partial charge on any atom is -0.510 e. The fourth-order valence-corrected chi connectivity index (χ4v) is 1.40. The maximum Gasteiger partial charge on any atom is 0.298 e. The molecule has 0 aliphatic carbocycles. The summed E-state index contributed by atoms with van der Waals surface area (Å²) in [6, 6.07) is 3.81. The highest BCUT2D eigenvalue weighted by molar-refractivity contribution is 6.30. The molecule has 106 valence electrons. The van der Waals surface area contributed by atoms with Crippen molar-refractivity contribution < 1.29 is 14.8 Å². The van der Waals surface area contributed by atoms with Crippen molar-refractivity contribution in [2.75, 3.05) is 7.05 Å². The second-order valence-electron chi connectivity index (χ2n) is 3.60. The maximum absolute atomic E-state index is 11.4. The number of nitrogens with zero attached hydrogens (tertiary/aromatic N) is 3. The standard InChI is InChI=1S/C11H11ClN4O4/c1-6(17)10(11(18)13-2)15-14-8-4-3-7(12)5-9(8)16(19)20/h3-5,17H,1-2H3,(H,13,18). The minimum absolute atomic E-state index is 0.0814. The zero-order chi connectivity index (χ0) is 15.3. The van der Waals surface area contributed by atoms with Gasteiger partial charge in [-0.25, -0.2) is 0 Å². The van der Waals surface area contributed by atoms with Crippen LogP contribution in [0.3, 0.4) is 0 Å². The molecule has 0 aromatic heterocycles. The molecule has 0 spiro atoms. The molecule has 0 aliphatic rings. The third-order valence-corrected chi connectivity index (χ3v) is 2.41. The van der Waals surface area contributed by atoms with Gasteiger partial charge in [0.2, 0.25) is 0 Å². The van der Waals surface area contributed by atoms with Crippen LogP contribution in [0.1, 0.15) is 6.92 Å². The van der Waals surface area contributed by atoms with E-state index in [1.807, 2.05) is 0 Å². The Bertz CT molecular complexity index is 608. The first kappa shape index (κ1) is 15.6. The average molecular weight is 299 g/mol. The van der Waals surface area contributed by atoms with Crippen molar-refractivity contribution in [3.63, 3.8) is 0 Å². The molecule has 0 saturated heterocycles. The van der Waals surface area contributed by atoms with Gasteiger partial charge in [0.25, 0.3) is 11.6 Å². The highest BCUT2D eigenvalue weighted by Crippen LogP contribution is 2.30. The molecule has 1 aromatic carbocycles. The highest BCUT2D eigenvalue weighted by Gasteiger charge is 2.16. The molecule has 0 atom stereocenters. The Hall–Kier alpha value is -2.48. The van der Waals surface area contributed by atoms with Gasteiger partial charge in [0, 0.05) is 18.1 Å². The quantitative estimate of drug-likeness (QED) is 0.292. The van der Waals surface area contributed by atoms with Gasteiger partial charge in [0.15, 0.2) is 11.4 Å². The van der Waals surface area contributed by atoms with Gasteiger partial charge >= 0.3 is 0 Å². The number of hydrogen-bond donors (Lipinski definition) is 2. The number of benzene rings is 1. The van der Waals surface area contributed by atoms with Crippen LogP contribution in [-0.2, 0) is 4.79 Å². The Morgan fingerprint density at radius 2 is 2.15 bits per heavy atom. The van der Waals surface area contributed by atoms with Gasteiger partial charge in [-0.05, 0) is 19.1 Å². The number of allylic oxidation sites excluding steroid dienone is 1. The zero-order valence-electron chi connectivity index (χ0n) is 10.6. The number of amides is 1. The molecular formula is C11H11ClN4O4. The number of halogens is 1. The lowest BCUT2D eigenvalue weighted by atomic mass is 10.3. The van der Waals surface area contributed by atoms with Crippen molar-refractivity contribution in [1.29, 1.82) is 0 Å². The lowest BCUT2D eigenvalue weighted by Gasteiger charge is -2.01. The Morgan fingerprint density at radius 3 is 2.65 bits per heavy atom. The molecule has 1 amide bonds. The molecule has 0 fully saturated rings. The Kier molecular flexibility index (Phi) is 5.15. The molecule has 0 unspecified atom stereocenters. The lowest BCUT2D eigenvalue weighted by molar-refractivity contribution is -0.384. The molecule has 0 bridgehead atoms. The number of nitro benzene ring substituents is 1. The van der Waals surface area contributed by atoms with Crippen molar-refractivity contribution in [3.05, 3.63) is 44.8 Å². The maximum atomic E-state index is 11.4. The molecule has 8 nitrogen and oxygen atoms in total. The molecule has 0 saturated carbocycles. The number of azo groups is 1. The molecule has 1 aromatic rings. The third-order valence-electron chi connectivity index (χ3n) is 2.18. The van der Waals surface area contributed by atoms with E-state index in [1.165, 1.54) is 26.1 Å². The first-order valence-corrected chi connectivity index (χ1v) is 5.72. The van der Waals surface area contributed by atoms with E-state index in [2.05, 4.69) is 15.5 Å². The Labute approximate surface area is 118 Å². The number of nitro groups is 1. The van der Waals surface area contributed by atoms with E-state index >= 15 is 0 Å². The van der Waals surface area contributed by atoms with E-state index in [-0.39, 0.29) is 27.9 Å². The van der Waals surface area contributed by atoms with Crippen LogP contribution in [0.15, 0.2) is 39.9 Å². The summed E-state index contributed by atoms with van der Waals surface area (Å²) in [5.41, 5.74) is -0.771. The lowest BCUT2D eigenvalue weighted by Crippen LogP contribution is -2.20. The number of nitrogens with one attached hydrogen (secondary N) is 1. The number of hydrogen-bond acceptors (Lipinski definition) is 6. The Morgan fingerprint density at radius 1 is 1.50 bits per heavy atom. The average Bonchev–Trinajstić information content (AvgIpc) is 2.39. The van der Waals surface area contributed by atoms with Gasteiger partial charge in [-0.1, -0.05) is 11.6 Å². The van der Waals surface area contributed by atoms with E-state index in [0.29, 0.717) is 0 Å². The van der Waals surface area contributed by atoms with Crippen LogP contribution in [0.4, 0.5) is 11.4 Å². The van der Waals surface area contributed by atoms with Crippen molar-refractivity contribution in [2.45, 2.75) is 6.92 Å². The molecular weight excluding hydrogens is 288 g/mol. The van der Waals surface area contributed by atoms with Crippen LogP contribution >= 0.6 is 11.6 Å². The zero-order valence-corrected chi connectivity index (χ0v) is 11.4. The number of rotatable bonds is 4. The molecule has 20 heavy (non-hydrogen) atoms. The SMILES string of the molecule is CNC(=O)C(N=Nc1ccc(Cl)cc1[N+](=O)[O-])=C(C)O. The van der Waals surface area contributed by atoms with Crippen molar-refractivity contribution in [1.82, 2.24) is 5.32 Å². The van der Waals surface area contributed by atoms with E-state index in [1.54, 1.807) is 0 Å². The molecule has 1 rings (SSSR count). The second-order valence-corrected chi connectivity index (χ2v) is 4.04. The van der Waals surface area contributed by atoms with Gasteiger partial charge < -0.3 is 10.4 Å². The van der Waals surface area contributed by atoms with Crippen LogP contribution in [0.5, 0.6) is 0 Å². The smallest absolute Gasteiger partial charge is 0.298 e. The van der Waals surface area contributed by atoms with Crippen LogP contribution in [0, 0.1) is 10.1 Å². The summed E-state index contributed by atoms with van der Waals surface area (Å²) in [6.45, 7) is 1.25. The predicted octanol–water partition coefficient (Wildman–Crippen LogP) is 2.87. The van der Waals surface area contributed by atoms with Crippen LogP contribution < -0.4 is 5.32 Å². The molecule has 0 heterocycles. The van der Waals surface area contributed by atoms with E-state index in [9.17, 15) is 20.0 Å². The molecule has 9 heteroatoms. The predicted molar refractivity (Wildman–Crippen MR) is 72.0 cm³/mol. The molecule has 2 N–H and O–H groups in total. The van der Waals surface area contributed by atoms with Gasteiger partial charge in [-0.2, -0.15) is 0 Å². The van der Waals surface area contributed by atoms with E-state index in [4.69, 9.17) is 11.6 Å². The van der Waals surface area contributed by atoms with Crippen LogP contribution in [-0.4, -0.2) is 23.0 Å². The normalized spacial score (nSPS) is 12.2. The summed E-state index contributed by atoms with van der Waals surface area (Å²) < 4.78 is 0. The van der Waals surface area contributed by atoms with Gasteiger partial charge in [0.1, 0.15) is 5.76 Å². The number of aliphatic hydroxyl groups is 1.